The first-order valence-electron chi connectivity index (χ1n) is 10.3. The molecule has 0 radical (unpaired) electrons. The van der Waals surface area contributed by atoms with Gasteiger partial charge in [-0.1, -0.05) is 36.4 Å². The number of amides is 1. The zero-order valence-electron chi connectivity index (χ0n) is 17.2. The summed E-state index contributed by atoms with van der Waals surface area (Å²) in [7, 11) is 1.70. The molecule has 30 heavy (non-hydrogen) atoms. The number of carbonyl (C=O) groups is 1. The van der Waals surface area contributed by atoms with Crippen molar-refractivity contribution in [2.75, 3.05) is 18.6 Å². The number of anilines is 2. The van der Waals surface area contributed by atoms with Gasteiger partial charge in [-0.15, -0.1) is 0 Å². The number of hydrogen-bond donors (Lipinski definition) is 0. The van der Waals surface area contributed by atoms with Crippen molar-refractivity contribution >= 4 is 17.3 Å². The van der Waals surface area contributed by atoms with Crippen molar-refractivity contribution < 1.29 is 14.3 Å². The van der Waals surface area contributed by atoms with Crippen LogP contribution in [0.25, 0.3) is 0 Å². The summed E-state index contributed by atoms with van der Waals surface area (Å²) >= 11 is 0. The third-order valence-electron chi connectivity index (χ3n) is 6.04. The SMILES string of the molecule is COc1cccc2c1CN(C(C)C(=O)N1c3ccccc3Oc3ccccc31)CC2. The molecular weight excluding hydrogens is 376 g/mol. The Bertz CT molecular complexity index is 1050. The predicted molar refractivity (Wildman–Crippen MR) is 117 cm³/mol. The Morgan fingerprint density at radius 1 is 0.967 bits per heavy atom. The second kappa shape index (κ2) is 7.50. The minimum Gasteiger partial charge on any atom is -0.496 e. The first kappa shape index (κ1) is 18.7. The summed E-state index contributed by atoms with van der Waals surface area (Å²) < 4.78 is 11.6. The smallest absolute Gasteiger partial charge is 0.248 e. The van der Waals surface area contributed by atoms with Crippen molar-refractivity contribution in [2.45, 2.75) is 25.9 Å². The van der Waals surface area contributed by atoms with Gasteiger partial charge in [-0.2, -0.15) is 0 Å². The largest absolute Gasteiger partial charge is 0.496 e. The molecular formula is C25H24N2O3. The second-order valence-electron chi connectivity index (χ2n) is 7.71. The van der Waals surface area contributed by atoms with Gasteiger partial charge < -0.3 is 9.47 Å². The molecule has 0 spiro atoms. The zero-order valence-corrected chi connectivity index (χ0v) is 17.2. The van der Waals surface area contributed by atoms with E-state index in [1.165, 1.54) is 11.1 Å². The highest BCUT2D eigenvalue weighted by atomic mass is 16.5. The van der Waals surface area contributed by atoms with Crippen LogP contribution in [0.3, 0.4) is 0 Å². The third-order valence-corrected chi connectivity index (χ3v) is 6.04. The van der Waals surface area contributed by atoms with Crippen molar-refractivity contribution in [1.82, 2.24) is 4.90 Å². The van der Waals surface area contributed by atoms with Crippen LogP contribution < -0.4 is 14.4 Å². The quantitative estimate of drug-likeness (QED) is 0.626. The molecule has 0 aliphatic carbocycles. The number of nitrogens with zero attached hydrogens (tertiary/aromatic N) is 2. The molecule has 2 aliphatic rings. The maximum atomic E-state index is 13.8. The Kier molecular flexibility index (Phi) is 4.68. The molecule has 0 fully saturated rings. The highest BCUT2D eigenvalue weighted by molar-refractivity contribution is 6.06. The van der Waals surface area contributed by atoms with Crippen LogP contribution in [0, 0.1) is 0 Å². The lowest BCUT2D eigenvalue weighted by Crippen LogP contribution is -2.48. The van der Waals surface area contributed by atoms with Crippen LogP contribution in [0.4, 0.5) is 11.4 Å². The molecule has 0 N–H and O–H groups in total. The molecule has 2 aliphatic heterocycles. The summed E-state index contributed by atoms with van der Waals surface area (Å²) in [5.41, 5.74) is 4.03. The average molecular weight is 400 g/mol. The number of benzene rings is 3. The highest BCUT2D eigenvalue weighted by Gasteiger charge is 2.35. The Morgan fingerprint density at radius 2 is 1.63 bits per heavy atom. The fourth-order valence-electron chi connectivity index (χ4n) is 4.38. The van der Waals surface area contributed by atoms with E-state index in [0.717, 1.165) is 30.1 Å². The summed E-state index contributed by atoms with van der Waals surface area (Å²) in [6.07, 6.45) is 0.903. The molecule has 1 amide bonds. The summed E-state index contributed by atoms with van der Waals surface area (Å²) in [5, 5.41) is 0. The van der Waals surface area contributed by atoms with E-state index >= 15 is 0 Å². The lowest BCUT2D eigenvalue weighted by atomic mass is 9.97. The average Bonchev–Trinajstić information content (AvgIpc) is 2.80. The van der Waals surface area contributed by atoms with Crippen LogP contribution in [0.15, 0.2) is 66.7 Å². The fourth-order valence-corrected chi connectivity index (χ4v) is 4.38. The Labute approximate surface area is 176 Å². The molecule has 3 aromatic carbocycles. The summed E-state index contributed by atoms with van der Waals surface area (Å²) in [5.74, 6) is 2.32. The number of para-hydroxylation sites is 4. The van der Waals surface area contributed by atoms with Crippen LogP contribution >= 0.6 is 0 Å². The molecule has 2 heterocycles. The molecule has 5 heteroatoms. The number of hydrogen-bond acceptors (Lipinski definition) is 4. The molecule has 1 unspecified atom stereocenters. The van der Waals surface area contributed by atoms with Gasteiger partial charge in [0.15, 0.2) is 11.5 Å². The molecule has 5 rings (SSSR count). The topological polar surface area (TPSA) is 42.0 Å². The minimum atomic E-state index is -0.290. The van der Waals surface area contributed by atoms with E-state index in [1.807, 2.05) is 67.6 Å². The Morgan fingerprint density at radius 3 is 2.30 bits per heavy atom. The van der Waals surface area contributed by atoms with Crippen LogP contribution in [0.2, 0.25) is 0 Å². The number of ether oxygens (including phenoxy) is 2. The molecule has 152 valence electrons. The number of methoxy groups -OCH3 is 1. The molecule has 0 bridgehead atoms. The van der Waals surface area contributed by atoms with E-state index in [9.17, 15) is 4.79 Å². The van der Waals surface area contributed by atoms with Crippen LogP contribution in [-0.4, -0.2) is 30.5 Å². The maximum Gasteiger partial charge on any atom is 0.248 e. The van der Waals surface area contributed by atoms with Gasteiger partial charge in [-0.05, 0) is 49.2 Å². The van der Waals surface area contributed by atoms with E-state index in [2.05, 4.69) is 11.0 Å². The van der Waals surface area contributed by atoms with Crippen LogP contribution in [0.5, 0.6) is 17.2 Å². The van der Waals surface area contributed by atoms with Gasteiger partial charge in [0.25, 0.3) is 0 Å². The minimum absolute atomic E-state index is 0.0385. The number of fused-ring (bicyclic) bond motifs is 3. The van der Waals surface area contributed by atoms with Gasteiger partial charge in [0, 0.05) is 18.7 Å². The Hall–Kier alpha value is -3.31. The highest BCUT2D eigenvalue weighted by Crippen LogP contribution is 2.46. The monoisotopic (exact) mass is 400 g/mol. The first-order valence-corrected chi connectivity index (χ1v) is 10.3. The summed E-state index contributed by atoms with van der Waals surface area (Å²) in [6.45, 7) is 3.52. The number of rotatable bonds is 3. The van der Waals surface area contributed by atoms with Crippen molar-refractivity contribution in [1.29, 1.82) is 0 Å². The normalized spacial score (nSPS) is 16.0. The first-order chi connectivity index (χ1) is 14.7. The number of carbonyl (C=O) groups excluding carboxylic acids is 1. The van der Waals surface area contributed by atoms with E-state index in [4.69, 9.17) is 9.47 Å². The van der Waals surface area contributed by atoms with E-state index in [-0.39, 0.29) is 11.9 Å². The van der Waals surface area contributed by atoms with E-state index < -0.39 is 0 Å². The maximum absolute atomic E-state index is 13.8. The van der Waals surface area contributed by atoms with Crippen molar-refractivity contribution in [3.8, 4) is 17.2 Å². The predicted octanol–water partition coefficient (Wildman–Crippen LogP) is 4.91. The molecule has 0 saturated heterocycles. The standard InChI is InChI=1S/C25H24N2O3/c1-17(26-15-14-18-8-7-13-22(29-2)19(18)16-26)25(28)27-20-9-3-5-11-23(20)30-24-12-6-4-10-21(24)27/h3-13,17H,14-16H2,1-2H3. The van der Waals surface area contributed by atoms with Crippen LogP contribution in [0.1, 0.15) is 18.1 Å². The molecule has 1 atom stereocenters. The summed E-state index contributed by atoms with van der Waals surface area (Å²) in [4.78, 5) is 17.8. The van der Waals surface area contributed by atoms with Crippen molar-refractivity contribution in [3.63, 3.8) is 0 Å². The molecule has 3 aromatic rings. The van der Waals surface area contributed by atoms with Gasteiger partial charge in [0.2, 0.25) is 5.91 Å². The van der Waals surface area contributed by atoms with E-state index in [0.29, 0.717) is 18.0 Å². The third kappa shape index (κ3) is 3.02. The van der Waals surface area contributed by atoms with Gasteiger partial charge in [0.1, 0.15) is 5.75 Å². The van der Waals surface area contributed by atoms with Gasteiger partial charge in [0.05, 0.1) is 24.5 Å². The lowest BCUT2D eigenvalue weighted by Gasteiger charge is -2.38. The lowest BCUT2D eigenvalue weighted by molar-refractivity contribution is -0.123. The van der Waals surface area contributed by atoms with Gasteiger partial charge in [-0.3, -0.25) is 14.6 Å². The van der Waals surface area contributed by atoms with Crippen LogP contribution in [-0.2, 0) is 17.8 Å². The van der Waals surface area contributed by atoms with Gasteiger partial charge >= 0.3 is 0 Å². The molecule has 5 nitrogen and oxygen atoms in total. The molecule has 0 aromatic heterocycles. The Balaban J connectivity index is 1.48. The van der Waals surface area contributed by atoms with Gasteiger partial charge in [-0.25, -0.2) is 0 Å². The van der Waals surface area contributed by atoms with Crippen molar-refractivity contribution in [2.24, 2.45) is 0 Å². The van der Waals surface area contributed by atoms with E-state index in [1.54, 1.807) is 12.0 Å². The second-order valence-corrected chi connectivity index (χ2v) is 7.71. The molecule has 0 saturated carbocycles. The fraction of sp³-hybridized carbons (Fsp3) is 0.240. The summed E-state index contributed by atoms with van der Waals surface area (Å²) in [6, 6.07) is 21.3. The van der Waals surface area contributed by atoms with Crippen molar-refractivity contribution in [3.05, 3.63) is 77.9 Å². The zero-order chi connectivity index (χ0) is 20.7.